The third kappa shape index (κ3) is 3.43. The quantitative estimate of drug-likeness (QED) is 0.828. The molecule has 0 radical (unpaired) electrons. The van der Waals surface area contributed by atoms with E-state index in [4.69, 9.17) is 17.3 Å². The van der Waals surface area contributed by atoms with E-state index in [2.05, 4.69) is 15.3 Å². The second kappa shape index (κ2) is 5.46. The number of nitrogen functional groups attached to an aromatic ring is 1. The van der Waals surface area contributed by atoms with E-state index in [0.29, 0.717) is 22.2 Å². The Labute approximate surface area is 109 Å². The van der Waals surface area contributed by atoms with Crippen LogP contribution in [0.2, 0.25) is 5.15 Å². The highest BCUT2D eigenvalue weighted by atomic mass is 35.5. The van der Waals surface area contributed by atoms with Gasteiger partial charge in [0.1, 0.15) is 5.15 Å². The molecule has 92 valence electrons. The summed E-state index contributed by atoms with van der Waals surface area (Å²) in [6.45, 7) is 0. The van der Waals surface area contributed by atoms with Crippen molar-refractivity contribution in [2.24, 2.45) is 0 Å². The normalized spacial score (nSPS) is 10.1. The number of hydrogen-bond acceptors (Lipinski definition) is 4. The lowest BCUT2D eigenvalue weighted by atomic mass is 10.2. The Morgan fingerprint density at radius 3 is 2.67 bits per heavy atom. The van der Waals surface area contributed by atoms with Crippen LogP contribution < -0.4 is 11.1 Å². The van der Waals surface area contributed by atoms with E-state index >= 15 is 0 Å². The maximum Gasteiger partial charge on any atom is 0.230 e. The minimum Gasteiger partial charge on any atom is -0.397 e. The van der Waals surface area contributed by atoms with Crippen molar-refractivity contribution in [3.05, 3.63) is 47.5 Å². The minimum atomic E-state index is -0.170. The summed E-state index contributed by atoms with van der Waals surface area (Å²) in [6.07, 6.45) is 3.20. The van der Waals surface area contributed by atoms with Gasteiger partial charge >= 0.3 is 0 Å². The number of carbonyl (C=O) groups excluding carboxylic acids is 1. The number of halogens is 1. The zero-order valence-electron chi connectivity index (χ0n) is 9.43. The van der Waals surface area contributed by atoms with Crippen molar-refractivity contribution in [1.82, 2.24) is 9.97 Å². The van der Waals surface area contributed by atoms with Crippen LogP contribution in [0, 0.1) is 0 Å². The van der Waals surface area contributed by atoms with E-state index in [1.807, 2.05) is 0 Å². The van der Waals surface area contributed by atoms with Crippen LogP contribution in [-0.4, -0.2) is 15.9 Å². The van der Waals surface area contributed by atoms with Crippen molar-refractivity contribution in [3.8, 4) is 0 Å². The Balaban J connectivity index is 1.96. The number of anilines is 2. The van der Waals surface area contributed by atoms with E-state index in [9.17, 15) is 4.79 Å². The second-order valence-corrected chi connectivity index (χ2v) is 4.06. The van der Waals surface area contributed by atoms with Gasteiger partial charge in [0.05, 0.1) is 30.2 Å². The second-order valence-electron chi connectivity index (χ2n) is 3.68. The van der Waals surface area contributed by atoms with Crippen LogP contribution in [0.25, 0.3) is 0 Å². The van der Waals surface area contributed by atoms with Crippen LogP contribution in [0.5, 0.6) is 0 Å². The van der Waals surface area contributed by atoms with Gasteiger partial charge in [-0.25, -0.2) is 4.98 Å². The number of nitrogens with zero attached hydrogens (tertiary/aromatic N) is 2. The number of aromatic nitrogens is 2. The largest absolute Gasteiger partial charge is 0.397 e. The standard InChI is InChI=1S/C12H11ClN4O/c13-11-4-3-10(7-16-11)17-12(18)5-9-2-1-8(14)6-15-9/h1-4,6-7H,5,14H2,(H,17,18). The van der Waals surface area contributed by atoms with Crippen LogP contribution in [-0.2, 0) is 11.2 Å². The predicted molar refractivity (Wildman–Crippen MR) is 70.2 cm³/mol. The molecule has 2 aromatic rings. The molecule has 1 amide bonds. The molecule has 0 fully saturated rings. The summed E-state index contributed by atoms with van der Waals surface area (Å²) < 4.78 is 0. The summed E-state index contributed by atoms with van der Waals surface area (Å²) in [5, 5.41) is 3.08. The third-order valence-corrected chi connectivity index (χ3v) is 2.42. The Morgan fingerprint density at radius 1 is 1.22 bits per heavy atom. The topological polar surface area (TPSA) is 80.9 Å². The van der Waals surface area contributed by atoms with Crippen molar-refractivity contribution in [1.29, 1.82) is 0 Å². The molecule has 18 heavy (non-hydrogen) atoms. The van der Waals surface area contributed by atoms with Gasteiger partial charge in [-0.2, -0.15) is 0 Å². The number of nitrogens with one attached hydrogen (secondary N) is 1. The molecule has 5 nitrogen and oxygen atoms in total. The van der Waals surface area contributed by atoms with Gasteiger partial charge in [0.25, 0.3) is 0 Å². The lowest BCUT2D eigenvalue weighted by Gasteiger charge is -2.04. The van der Waals surface area contributed by atoms with Gasteiger partial charge in [0, 0.05) is 5.69 Å². The van der Waals surface area contributed by atoms with Gasteiger partial charge in [0.2, 0.25) is 5.91 Å². The monoisotopic (exact) mass is 262 g/mol. The summed E-state index contributed by atoms with van der Waals surface area (Å²) in [4.78, 5) is 19.6. The molecule has 0 aliphatic carbocycles. The van der Waals surface area contributed by atoms with Crippen LogP contribution in [0.3, 0.4) is 0 Å². The SMILES string of the molecule is Nc1ccc(CC(=O)Nc2ccc(Cl)nc2)nc1. The fraction of sp³-hybridized carbons (Fsp3) is 0.0833. The van der Waals surface area contributed by atoms with Crippen LogP contribution in [0.4, 0.5) is 11.4 Å². The van der Waals surface area contributed by atoms with Gasteiger partial charge in [0.15, 0.2) is 0 Å². The lowest BCUT2D eigenvalue weighted by Crippen LogP contribution is -2.15. The molecule has 0 bridgehead atoms. The van der Waals surface area contributed by atoms with E-state index in [-0.39, 0.29) is 12.3 Å². The van der Waals surface area contributed by atoms with Gasteiger partial charge in [-0.1, -0.05) is 11.6 Å². The summed E-state index contributed by atoms with van der Waals surface area (Å²) in [5.74, 6) is -0.170. The first-order chi connectivity index (χ1) is 8.63. The van der Waals surface area contributed by atoms with Gasteiger partial charge in [-0.3, -0.25) is 9.78 Å². The molecule has 0 aliphatic rings. The average Bonchev–Trinajstić information content (AvgIpc) is 2.35. The van der Waals surface area contributed by atoms with E-state index in [1.54, 1.807) is 24.3 Å². The minimum absolute atomic E-state index is 0.170. The zero-order valence-corrected chi connectivity index (χ0v) is 10.2. The van der Waals surface area contributed by atoms with Crippen LogP contribution in [0.1, 0.15) is 5.69 Å². The molecule has 6 heteroatoms. The smallest absolute Gasteiger partial charge is 0.230 e. The average molecular weight is 263 g/mol. The zero-order chi connectivity index (χ0) is 13.0. The van der Waals surface area contributed by atoms with Crippen LogP contribution in [0.15, 0.2) is 36.7 Å². The molecule has 3 N–H and O–H groups in total. The molecular weight excluding hydrogens is 252 g/mol. The van der Waals surface area contributed by atoms with Crippen molar-refractivity contribution in [2.45, 2.75) is 6.42 Å². The number of carbonyl (C=O) groups is 1. The van der Waals surface area contributed by atoms with Gasteiger partial charge in [-0.05, 0) is 24.3 Å². The highest BCUT2D eigenvalue weighted by molar-refractivity contribution is 6.29. The molecular formula is C12H11ClN4O. The first kappa shape index (κ1) is 12.3. The lowest BCUT2D eigenvalue weighted by molar-refractivity contribution is -0.115. The third-order valence-electron chi connectivity index (χ3n) is 2.20. The fourth-order valence-electron chi connectivity index (χ4n) is 1.36. The Hall–Kier alpha value is -2.14. The number of nitrogens with two attached hydrogens (primary N) is 1. The first-order valence-corrected chi connectivity index (χ1v) is 5.63. The van der Waals surface area contributed by atoms with E-state index in [0.717, 1.165) is 0 Å². The van der Waals surface area contributed by atoms with Crippen molar-refractivity contribution in [2.75, 3.05) is 11.1 Å². The molecule has 0 aromatic carbocycles. The maximum atomic E-state index is 11.7. The van der Waals surface area contributed by atoms with E-state index < -0.39 is 0 Å². The van der Waals surface area contributed by atoms with Gasteiger partial charge < -0.3 is 11.1 Å². The highest BCUT2D eigenvalue weighted by Crippen LogP contribution is 2.10. The van der Waals surface area contributed by atoms with Crippen molar-refractivity contribution >= 4 is 28.9 Å². The molecule has 2 heterocycles. The maximum absolute atomic E-state index is 11.7. The molecule has 0 saturated carbocycles. The first-order valence-electron chi connectivity index (χ1n) is 5.25. The summed E-state index contributed by atoms with van der Waals surface area (Å²) in [5.41, 5.74) is 7.34. The molecule has 2 rings (SSSR count). The summed E-state index contributed by atoms with van der Waals surface area (Å²) >= 11 is 5.65. The number of rotatable bonds is 3. The van der Waals surface area contributed by atoms with E-state index in [1.165, 1.54) is 12.4 Å². The predicted octanol–water partition coefficient (Wildman–Crippen LogP) is 1.89. The van der Waals surface area contributed by atoms with Crippen molar-refractivity contribution < 1.29 is 4.79 Å². The Morgan fingerprint density at radius 2 is 2.06 bits per heavy atom. The van der Waals surface area contributed by atoms with Crippen LogP contribution >= 0.6 is 11.6 Å². The fourth-order valence-corrected chi connectivity index (χ4v) is 1.47. The molecule has 2 aromatic heterocycles. The molecule has 0 saturated heterocycles. The number of pyridine rings is 2. The van der Waals surface area contributed by atoms with Crippen molar-refractivity contribution in [3.63, 3.8) is 0 Å². The molecule has 0 atom stereocenters. The molecule has 0 aliphatic heterocycles. The Bertz CT molecular complexity index is 490. The summed E-state index contributed by atoms with van der Waals surface area (Å²) in [7, 11) is 0. The Kier molecular flexibility index (Phi) is 3.74. The highest BCUT2D eigenvalue weighted by Gasteiger charge is 2.05. The summed E-state index contributed by atoms with van der Waals surface area (Å²) in [6, 6.07) is 6.72. The number of amides is 1. The number of hydrogen-bond donors (Lipinski definition) is 2. The molecule has 0 spiro atoms. The molecule has 0 unspecified atom stereocenters. The van der Waals surface area contributed by atoms with Gasteiger partial charge in [-0.15, -0.1) is 0 Å².